The molecular weight excluding hydrogens is 293 g/mol. The summed E-state index contributed by atoms with van der Waals surface area (Å²) in [7, 11) is 0. The molecule has 0 aliphatic rings. The van der Waals surface area contributed by atoms with E-state index in [0.29, 0.717) is 21.5 Å². The van der Waals surface area contributed by atoms with Gasteiger partial charge in [-0.3, -0.25) is 4.79 Å². The van der Waals surface area contributed by atoms with Gasteiger partial charge in [0.1, 0.15) is 11.6 Å². The van der Waals surface area contributed by atoms with Gasteiger partial charge in [-0.2, -0.15) is 0 Å². The highest BCUT2D eigenvalue weighted by atomic mass is 35.5. The summed E-state index contributed by atoms with van der Waals surface area (Å²) < 4.78 is 13.0. The van der Waals surface area contributed by atoms with Gasteiger partial charge in [0.05, 0.1) is 11.1 Å². The Morgan fingerprint density at radius 2 is 1.86 bits per heavy atom. The number of pyridine rings is 1. The van der Waals surface area contributed by atoms with Crippen molar-refractivity contribution in [2.45, 2.75) is 6.92 Å². The molecule has 0 fully saturated rings. The molecule has 2 aromatic carbocycles. The standard InChI is InChI=1S/C16H11ClFNO2/c1-8-6-11-13(7-12(8)17)19-16(21)14(15(11)20)9-2-4-10(18)5-3-9/h2-7H,1H3,(H2,19,20,21). The second kappa shape index (κ2) is 4.90. The average Bonchev–Trinajstić information content (AvgIpc) is 2.43. The lowest BCUT2D eigenvalue weighted by molar-refractivity contribution is 0.482. The highest BCUT2D eigenvalue weighted by Gasteiger charge is 2.15. The molecule has 1 aromatic heterocycles. The van der Waals surface area contributed by atoms with Gasteiger partial charge in [0.2, 0.25) is 0 Å². The SMILES string of the molecule is Cc1cc2c(O)c(-c3ccc(F)cc3)c(=O)[nH]c2cc1Cl. The molecule has 0 radical (unpaired) electrons. The largest absolute Gasteiger partial charge is 0.506 e. The van der Waals surface area contributed by atoms with Crippen molar-refractivity contribution in [3.63, 3.8) is 0 Å². The zero-order valence-electron chi connectivity index (χ0n) is 11.1. The van der Waals surface area contributed by atoms with Crippen LogP contribution in [0.25, 0.3) is 22.0 Å². The van der Waals surface area contributed by atoms with Crippen molar-refractivity contribution in [1.29, 1.82) is 0 Å². The normalized spacial score (nSPS) is 11.0. The number of aromatic amines is 1. The van der Waals surface area contributed by atoms with Crippen molar-refractivity contribution in [2.24, 2.45) is 0 Å². The molecule has 3 nitrogen and oxygen atoms in total. The molecule has 3 aromatic rings. The smallest absolute Gasteiger partial charge is 0.260 e. The summed E-state index contributed by atoms with van der Waals surface area (Å²) in [4.78, 5) is 14.9. The van der Waals surface area contributed by atoms with Crippen LogP contribution >= 0.6 is 11.6 Å². The number of hydrogen-bond donors (Lipinski definition) is 2. The molecule has 0 saturated carbocycles. The summed E-state index contributed by atoms with van der Waals surface area (Å²) in [5.74, 6) is -0.543. The van der Waals surface area contributed by atoms with E-state index in [1.807, 2.05) is 6.92 Å². The van der Waals surface area contributed by atoms with Gasteiger partial charge >= 0.3 is 0 Å². The number of fused-ring (bicyclic) bond motifs is 1. The lowest BCUT2D eigenvalue weighted by atomic mass is 10.0. The number of nitrogens with one attached hydrogen (secondary N) is 1. The van der Waals surface area contributed by atoms with Crippen LogP contribution in [-0.4, -0.2) is 10.1 Å². The van der Waals surface area contributed by atoms with Crippen molar-refractivity contribution >= 4 is 22.5 Å². The van der Waals surface area contributed by atoms with Crippen LogP contribution in [0.2, 0.25) is 5.02 Å². The zero-order valence-corrected chi connectivity index (χ0v) is 11.8. The van der Waals surface area contributed by atoms with E-state index in [2.05, 4.69) is 4.98 Å². The Labute approximate surface area is 124 Å². The second-order valence-electron chi connectivity index (χ2n) is 4.83. The van der Waals surface area contributed by atoms with E-state index in [9.17, 15) is 14.3 Å². The van der Waals surface area contributed by atoms with Gasteiger partial charge in [-0.15, -0.1) is 0 Å². The Balaban J connectivity index is 2.36. The number of aryl methyl sites for hydroxylation is 1. The third-order valence-electron chi connectivity index (χ3n) is 3.40. The summed E-state index contributed by atoms with van der Waals surface area (Å²) >= 11 is 6.02. The topological polar surface area (TPSA) is 53.1 Å². The molecule has 0 aliphatic carbocycles. The van der Waals surface area contributed by atoms with E-state index in [1.165, 1.54) is 24.3 Å². The Kier molecular flexibility index (Phi) is 3.18. The van der Waals surface area contributed by atoms with E-state index < -0.39 is 11.4 Å². The van der Waals surface area contributed by atoms with Crippen LogP contribution in [0.3, 0.4) is 0 Å². The fraction of sp³-hybridized carbons (Fsp3) is 0.0625. The third-order valence-corrected chi connectivity index (χ3v) is 3.81. The first kappa shape index (κ1) is 13.6. The predicted molar refractivity (Wildman–Crippen MR) is 81.4 cm³/mol. The van der Waals surface area contributed by atoms with Crippen molar-refractivity contribution < 1.29 is 9.50 Å². The van der Waals surface area contributed by atoms with Gasteiger partial charge in [0.25, 0.3) is 5.56 Å². The summed E-state index contributed by atoms with van der Waals surface area (Å²) in [5.41, 5.74) is 1.36. The molecule has 3 rings (SSSR count). The van der Waals surface area contributed by atoms with Gasteiger partial charge in [0, 0.05) is 10.4 Å². The maximum Gasteiger partial charge on any atom is 0.260 e. The first-order chi connectivity index (χ1) is 9.97. The molecule has 0 bridgehead atoms. The lowest BCUT2D eigenvalue weighted by Gasteiger charge is -2.09. The minimum atomic E-state index is -0.452. The maximum atomic E-state index is 13.0. The Hall–Kier alpha value is -2.33. The molecule has 0 aliphatic heterocycles. The first-order valence-electron chi connectivity index (χ1n) is 6.28. The minimum Gasteiger partial charge on any atom is -0.506 e. The van der Waals surface area contributed by atoms with Crippen LogP contribution in [-0.2, 0) is 0 Å². The van der Waals surface area contributed by atoms with E-state index in [4.69, 9.17) is 11.6 Å². The van der Waals surface area contributed by atoms with Gasteiger partial charge in [-0.25, -0.2) is 4.39 Å². The number of H-pyrrole nitrogens is 1. The number of hydrogen-bond acceptors (Lipinski definition) is 2. The quantitative estimate of drug-likeness (QED) is 0.714. The molecule has 5 heteroatoms. The van der Waals surface area contributed by atoms with Crippen molar-refractivity contribution in [3.05, 3.63) is 63.2 Å². The molecule has 0 atom stereocenters. The minimum absolute atomic E-state index is 0.115. The molecule has 106 valence electrons. The monoisotopic (exact) mass is 303 g/mol. The van der Waals surface area contributed by atoms with Gasteiger partial charge < -0.3 is 10.1 Å². The molecule has 0 unspecified atom stereocenters. The molecule has 21 heavy (non-hydrogen) atoms. The molecule has 2 N–H and O–H groups in total. The fourth-order valence-corrected chi connectivity index (χ4v) is 2.46. The highest BCUT2D eigenvalue weighted by molar-refractivity contribution is 6.32. The number of halogens is 2. The number of benzene rings is 2. The summed E-state index contributed by atoms with van der Waals surface area (Å²) in [6, 6.07) is 8.69. The Morgan fingerprint density at radius 3 is 2.52 bits per heavy atom. The second-order valence-corrected chi connectivity index (χ2v) is 5.24. The van der Waals surface area contributed by atoms with Crippen LogP contribution in [0.1, 0.15) is 5.56 Å². The zero-order chi connectivity index (χ0) is 15.1. The summed E-state index contributed by atoms with van der Waals surface area (Å²) in [6.45, 7) is 1.81. The van der Waals surface area contributed by atoms with Gasteiger partial charge in [0.15, 0.2) is 0 Å². The van der Waals surface area contributed by atoms with Crippen molar-refractivity contribution in [2.75, 3.05) is 0 Å². The Bertz CT molecular complexity index is 901. The van der Waals surface area contributed by atoms with Crippen molar-refractivity contribution in [1.82, 2.24) is 4.98 Å². The first-order valence-corrected chi connectivity index (χ1v) is 6.66. The summed E-state index contributed by atoms with van der Waals surface area (Å²) in [5, 5.41) is 11.4. The molecular formula is C16H11ClFNO2. The fourth-order valence-electron chi connectivity index (χ4n) is 2.29. The van der Waals surface area contributed by atoms with Crippen LogP contribution in [0.15, 0.2) is 41.2 Å². The molecule has 0 saturated heterocycles. The third kappa shape index (κ3) is 2.28. The molecule has 1 heterocycles. The van der Waals surface area contributed by atoms with E-state index in [1.54, 1.807) is 12.1 Å². The number of aromatic nitrogens is 1. The summed E-state index contributed by atoms with van der Waals surface area (Å²) in [6.07, 6.45) is 0. The predicted octanol–water partition coefficient (Wildman–Crippen LogP) is 4.00. The maximum absolute atomic E-state index is 13.0. The van der Waals surface area contributed by atoms with Crippen molar-refractivity contribution in [3.8, 4) is 16.9 Å². The average molecular weight is 304 g/mol. The lowest BCUT2D eigenvalue weighted by Crippen LogP contribution is -2.09. The van der Waals surface area contributed by atoms with Crippen LogP contribution in [0, 0.1) is 12.7 Å². The van der Waals surface area contributed by atoms with E-state index >= 15 is 0 Å². The molecule has 0 spiro atoms. The van der Waals surface area contributed by atoms with E-state index in [0.717, 1.165) is 5.56 Å². The van der Waals surface area contributed by atoms with Crippen LogP contribution in [0.5, 0.6) is 5.75 Å². The number of aromatic hydroxyl groups is 1. The Morgan fingerprint density at radius 1 is 1.19 bits per heavy atom. The molecule has 0 amide bonds. The van der Waals surface area contributed by atoms with Gasteiger partial charge in [-0.05, 0) is 42.3 Å². The van der Waals surface area contributed by atoms with E-state index in [-0.39, 0.29) is 11.3 Å². The highest BCUT2D eigenvalue weighted by Crippen LogP contribution is 2.34. The van der Waals surface area contributed by atoms with Gasteiger partial charge in [-0.1, -0.05) is 23.7 Å². The van der Waals surface area contributed by atoms with Crippen LogP contribution < -0.4 is 5.56 Å². The van der Waals surface area contributed by atoms with Crippen LogP contribution in [0.4, 0.5) is 4.39 Å². The number of rotatable bonds is 1.